The van der Waals surface area contributed by atoms with Crippen molar-refractivity contribution in [3.05, 3.63) is 65.2 Å². The molecule has 0 fully saturated rings. The molecule has 0 aromatic heterocycles. The lowest BCUT2D eigenvalue weighted by Gasteiger charge is -2.19. The summed E-state index contributed by atoms with van der Waals surface area (Å²) in [5.41, 5.74) is 9.19. The SMILES string of the molecule is CC(=Nc1ccc2c(c1)C(C(N)=O)C(O)C2)N(C)CCCCOCc1ccccc1. The molecule has 0 saturated carbocycles. The maximum absolute atomic E-state index is 11.7. The number of carbonyl (C=O) groups is 1. The predicted molar refractivity (Wildman–Crippen MR) is 119 cm³/mol. The Kier molecular flexibility index (Phi) is 7.60. The van der Waals surface area contributed by atoms with Crippen molar-refractivity contribution in [2.45, 2.75) is 44.8 Å². The summed E-state index contributed by atoms with van der Waals surface area (Å²) in [6.07, 6.45) is 1.71. The number of amides is 1. The summed E-state index contributed by atoms with van der Waals surface area (Å²) in [6, 6.07) is 15.9. The van der Waals surface area contributed by atoms with Crippen LogP contribution in [0.3, 0.4) is 0 Å². The zero-order valence-electron chi connectivity index (χ0n) is 17.8. The van der Waals surface area contributed by atoms with Crippen molar-refractivity contribution in [3.8, 4) is 0 Å². The van der Waals surface area contributed by atoms with E-state index in [1.807, 2.05) is 50.4 Å². The quantitative estimate of drug-likeness (QED) is 0.378. The number of hydrogen-bond donors (Lipinski definition) is 2. The molecule has 3 N–H and O–H groups in total. The number of rotatable bonds is 9. The number of ether oxygens (including phenoxy) is 1. The maximum atomic E-state index is 11.7. The van der Waals surface area contributed by atoms with Crippen molar-refractivity contribution in [2.75, 3.05) is 20.2 Å². The summed E-state index contributed by atoms with van der Waals surface area (Å²) in [4.78, 5) is 18.5. The molecule has 1 aliphatic carbocycles. The summed E-state index contributed by atoms with van der Waals surface area (Å²) >= 11 is 0. The Labute approximate surface area is 178 Å². The first kappa shape index (κ1) is 22.0. The average Bonchev–Trinajstić information content (AvgIpc) is 3.06. The second kappa shape index (κ2) is 10.4. The van der Waals surface area contributed by atoms with Crippen LogP contribution in [-0.4, -0.2) is 48.1 Å². The topological polar surface area (TPSA) is 88.1 Å². The van der Waals surface area contributed by atoms with Crippen molar-refractivity contribution in [1.82, 2.24) is 4.90 Å². The smallest absolute Gasteiger partial charge is 0.227 e. The zero-order chi connectivity index (χ0) is 21.5. The van der Waals surface area contributed by atoms with Gasteiger partial charge >= 0.3 is 0 Å². The summed E-state index contributed by atoms with van der Waals surface area (Å²) in [7, 11) is 2.02. The molecule has 1 amide bonds. The summed E-state index contributed by atoms with van der Waals surface area (Å²) in [5.74, 6) is -0.246. The molecule has 0 heterocycles. The van der Waals surface area contributed by atoms with Crippen LogP contribution in [0.15, 0.2) is 53.5 Å². The van der Waals surface area contributed by atoms with Gasteiger partial charge < -0.3 is 20.5 Å². The van der Waals surface area contributed by atoms with Crippen molar-refractivity contribution < 1.29 is 14.6 Å². The van der Waals surface area contributed by atoms with Gasteiger partial charge in [-0.25, -0.2) is 4.99 Å². The number of fused-ring (bicyclic) bond motifs is 1. The number of carbonyl (C=O) groups excluding carboxylic acids is 1. The van der Waals surface area contributed by atoms with Crippen LogP contribution in [0, 0.1) is 0 Å². The van der Waals surface area contributed by atoms with Gasteiger partial charge in [0.15, 0.2) is 0 Å². The number of hydrogen-bond acceptors (Lipinski definition) is 4. The van der Waals surface area contributed by atoms with E-state index >= 15 is 0 Å². The van der Waals surface area contributed by atoms with E-state index < -0.39 is 17.9 Å². The van der Waals surface area contributed by atoms with Crippen LogP contribution in [0.25, 0.3) is 0 Å². The van der Waals surface area contributed by atoms with Gasteiger partial charge in [0.05, 0.1) is 24.3 Å². The molecule has 0 saturated heterocycles. The number of amidine groups is 1. The van der Waals surface area contributed by atoms with Gasteiger partial charge in [0.1, 0.15) is 5.84 Å². The Hall–Kier alpha value is -2.70. The molecular weight excluding hydrogens is 378 g/mol. The molecule has 6 heteroatoms. The number of aliphatic imine (C=N–C) groups is 1. The van der Waals surface area contributed by atoms with Crippen molar-refractivity contribution in [1.29, 1.82) is 0 Å². The van der Waals surface area contributed by atoms with Crippen LogP contribution < -0.4 is 5.73 Å². The highest BCUT2D eigenvalue weighted by Crippen LogP contribution is 2.35. The summed E-state index contributed by atoms with van der Waals surface area (Å²) in [6.45, 7) is 4.24. The number of unbranched alkanes of at least 4 members (excludes halogenated alkanes) is 1. The van der Waals surface area contributed by atoms with Crippen LogP contribution in [-0.2, 0) is 22.6 Å². The van der Waals surface area contributed by atoms with Gasteiger partial charge in [-0.05, 0) is 55.0 Å². The number of nitrogens with two attached hydrogens (primary N) is 1. The largest absolute Gasteiger partial charge is 0.392 e. The van der Waals surface area contributed by atoms with Gasteiger partial charge in [-0.15, -0.1) is 0 Å². The molecule has 30 heavy (non-hydrogen) atoms. The van der Waals surface area contributed by atoms with Gasteiger partial charge in [-0.2, -0.15) is 0 Å². The molecule has 2 aromatic rings. The van der Waals surface area contributed by atoms with E-state index in [0.717, 1.165) is 48.6 Å². The molecule has 0 spiro atoms. The van der Waals surface area contributed by atoms with Crippen LogP contribution in [0.5, 0.6) is 0 Å². The third kappa shape index (κ3) is 5.68. The molecule has 0 aliphatic heterocycles. The highest BCUT2D eigenvalue weighted by atomic mass is 16.5. The lowest BCUT2D eigenvalue weighted by atomic mass is 9.99. The minimum atomic E-state index is -0.746. The second-order valence-corrected chi connectivity index (χ2v) is 7.86. The van der Waals surface area contributed by atoms with Gasteiger partial charge in [0.2, 0.25) is 5.91 Å². The second-order valence-electron chi connectivity index (χ2n) is 7.86. The molecule has 1 aliphatic rings. The first-order valence-corrected chi connectivity index (χ1v) is 10.4. The van der Waals surface area contributed by atoms with Crippen LogP contribution in [0.4, 0.5) is 5.69 Å². The molecule has 2 atom stereocenters. The van der Waals surface area contributed by atoms with Crippen molar-refractivity contribution >= 4 is 17.4 Å². The standard InChI is InChI=1S/C24H31N3O3/c1-17(27(2)12-6-7-13-30-16-18-8-4-3-5-9-18)26-20-11-10-19-14-22(28)23(24(25)29)21(19)15-20/h3-5,8-11,15,22-23,28H,6-7,12-14,16H2,1-2H3,(H2,25,29). The minimum absolute atomic E-state index is 0.457. The number of benzene rings is 2. The Bertz CT molecular complexity index is 883. The summed E-state index contributed by atoms with van der Waals surface area (Å²) in [5, 5.41) is 10.1. The Balaban J connectivity index is 1.46. The average molecular weight is 410 g/mol. The van der Waals surface area contributed by atoms with E-state index in [4.69, 9.17) is 10.5 Å². The number of aliphatic hydroxyl groups excluding tert-OH is 1. The van der Waals surface area contributed by atoms with Gasteiger partial charge in [0, 0.05) is 20.2 Å². The first-order chi connectivity index (χ1) is 14.5. The van der Waals surface area contributed by atoms with Gasteiger partial charge in [0.25, 0.3) is 0 Å². The third-order valence-corrected chi connectivity index (χ3v) is 5.57. The van der Waals surface area contributed by atoms with E-state index in [1.165, 1.54) is 5.56 Å². The number of primary amides is 1. The fourth-order valence-electron chi connectivity index (χ4n) is 3.77. The van der Waals surface area contributed by atoms with Gasteiger partial charge in [-0.1, -0.05) is 36.4 Å². The minimum Gasteiger partial charge on any atom is -0.392 e. The monoisotopic (exact) mass is 409 g/mol. The van der Waals surface area contributed by atoms with Crippen molar-refractivity contribution in [2.24, 2.45) is 10.7 Å². The van der Waals surface area contributed by atoms with Crippen LogP contribution in [0.2, 0.25) is 0 Å². The van der Waals surface area contributed by atoms with Crippen molar-refractivity contribution in [3.63, 3.8) is 0 Å². The maximum Gasteiger partial charge on any atom is 0.227 e. The first-order valence-electron chi connectivity index (χ1n) is 10.4. The highest BCUT2D eigenvalue weighted by Gasteiger charge is 2.35. The van der Waals surface area contributed by atoms with E-state index in [2.05, 4.69) is 22.0 Å². The predicted octanol–water partition coefficient (Wildman–Crippen LogP) is 3.15. The molecule has 2 aromatic carbocycles. The molecule has 6 nitrogen and oxygen atoms in total. The van der Waals surface area contributed by atoms with E-state index in [-0.39, 0.29) is 0 Å². The van der Waals surface area contributed by atoms with E-state index in [1.54, 1.807) is 0 Å². The van der Waals surface area contributed by atoms with Gasteiger partial charge in [-0.3, -0.25) is 4.79 Å². The molecule has 0 radical (unpaired) electrons. The number of aliphatic hydroxyl groups is 1. The van der Waals surface area contributed by atoms with Crippen LogP contribution in [0.1, 0.15) is 42.4 Å². The molecule has 2 unspecified atom stereocenters. The number of nitrogens with zero attached hydrogens (tertiary/aromatic N) is 2. The summed E-state index contributed by atoms with van der Waals surface area (Å²) < 4.78 is 5.73. The fourth-order valence-corrected chi connectivity index (χ4v) is 3.77. The molecule has 0 bridgehead atoms. The lowest BCUT2D eigenvalue weighted by Crippen LogP contribution is -2.28. The Morgan fingerprint density at radius 2 is 2.00 bits per heavy atom. The van der Waals surface area contributed by atoms with Crippen LogP contribution >= 0.6 is 0 Å². The normalized spacial score (nSPS) is 18.3. The molecule has 160 valence electrons. The third-order valence-electron chi connectivity index (χ3n) is 5.57. The Morgan fingerprint density at radius 3 is 2.73 bits per heavy atom. The molecule has 3 rings (SSSR count). The Morgan fingerprint density at radius 1 is 1.23 bits per heavy atom. The lowest BCUT2D eigenvalue weighted by molar-refractivity contribution is -0.121. The van der Waals surface area contributed by atoms with E-state index in [9.17, 15) is 9.90 Å². The highest BCUT2D eigenvalue weighted by molar-refractivity contribution is 5.85. The molecular formula is C24H31N3O3. The van der Waals surface area contributed by atoms with E-state index in [0.29, 0.717) is 13.0 Å². The zero-order valence-corrected chi connectivity index (χ0v) is 17.8. The fraction of sp³-hybridized carbons (Fsp3) is 0.417.